The molecule has 0 aliphatic carbocycles. The van der Waals surface area contributed by atoms with Gasteiger partial charge in [0.25, 0.3) is 0 Å². The smallest absolute Gasteiger partial charge is 0.416 e. The minimum atomic E-state index is -4.51. The van der Waals surface area contributed by atoms with Crippen LogP contribution >= 0.6 is 11.6 Å². The molecule has 0 saturated heterocycles. The maximum Gasteiger partial charge on any atom is 0.416 e. The molecule has 0 radical (unpaired) electrons. The lowest BCUT2D eigenvalue weighted by Gasteiger charge is -2.32. The first-order valence-electron chi connectivity index (χ1n) is 10.2. The summed E-state index contributed by atoms with van der Waals surface area (Å²) < 4.78 is 56.3. The first-order chi connectivity index (χ1) is 16.2. The van der Waals surface area contributed by atoms with Gasteiger partial charge in [0.15, 0.2) is 6.73 Å². The van der Waals surface area contributed by atoms with Crippen LogP contribution in [0.4, 0.5) is 18.9 Å². The van der Waals surface area contributed by atoms with E-state index in [1.165, 1.54) is 12.1 Å². The zero-order valence-corrected chi connectivity index (χ0v) is 18.5. The van der Waals surface area contributed by atoms with E-state index >= 15 is 0 Å². The van der Waals surface area contributed by atoms with Crippen LogP contribution in [0.2, 0.25) is 5.02 Å². The van der Waals surface area contributed by atoms with Crippen LogP contribution in [0.3, 0.4) is 0 Å². The molecular weight excluding hydrogens is 471 g/mol. The lowest BCUT2D eigenvalue weighted by molar-refractivity contribution is -0.137. The van der Waals surface area contributed by atoms with E-state index in [-0.39, 0.29) is 24.0 Å². The maximum absolute atomic E-state index is 13.3. The van der Waals surface area contributed by atoms with Crippen molar-refractivity contribution in [2.24, 2.45) is 0 Å². The van der Waals surface area contributed by atoms with Crippen LogP contribution in [0.25, 0.3) is 22.1 Å². The molecule has 9 heteroatoms. The predicted molar refractivity (Wildman–Crippen MR) is 123 cm³/mol. The van der Waals surface area contributed by atoms with E-state index in [1.807, 2.05) is 12.1 Å². The average molecular weight is 488 g/mol. The minimum Gasteiger partial charge on any atom is -0.497 e. The Labute approximate surface area is 196 Å². The quantitative estimate of drug-likeness (QED) is 0.309. The Balaban J connectivity index is 1.61. The van der Waals surface area contributed by atoms with Crippen LogP contribution in [0, 0.1) is 0 Å². The van der Waals surface area contributed by atoms with E-state index in [9.17, 15) is 18.0 Å². The fourth-order valence-corrected chi connectivity index (χ4v) is 4.27. The van der Waals surface area contributed by atoms with Crippen molar-refractivity contribution in [1.82, 2.24) is 0 Å². The average Bonchev–Trinajstić information content (AvgIpc) is 2.83. The third-order valence-corrected chi connectivity index (χ3v) is 6.03. The second-order valence-corrected chi connectivity index (χ2v) is 8.17. The highest BCUT2D eigenvalue weighted by Gasteiger charge is 2.32. The number of anilines is 1. The van der Waals surface area contributed by atoms with Gasteiger partial charge in [0, 0.05) is 11.5 Å². The minimum absolute atomic E-state index is 0.0120. The van der Waals surface area contributed by atoms with Gasteiger partial charge in [-0.2, -0.15) is 13.2 Å². The number of hydrogen-bond acceptors (Lipinski definition) is 5. The van der Waals surface area contributed by atoms with E-state index in [4.69, 9.17) is 25.5 Å². The molecule has 3 aromatic carbocycles. The molecule has 0 bridgehead atoms. The fraction of sp³-hybridized carbons (Fsp3) is 0.160. The summed E-state index contributed by atoms with van der Waals surface area (Å²) in [6, 6.07) is 15.3. The molecule has 0 atom stereocenters. The Kier molecular flexibility index (Phi) is 5.40. The van der Waals surface area contributed by atoms with E-state index < -0.39 is 17.4 Å². The lowest BCUT2D eigenvalue weighted by atomic mass is 9.99. The zero-order chi connectivity index (χ0) is 24.0. The molecule has 0 saturated carbocycles. The fourth-order valence-electron chi connectivity index (χ4n) is 4.03. The summed E-state index contributed by atoms with van der Waals surface area (Å²) >= 11 is 6.23. The molecule has 34 heavy (non-hydrogen) atoms. The van der Waals surface area contributed by atoms with Crippen molar-refractivity contribution in [3.8, 4) is 22.6 Å². The molecule has 174 valence electrons. The number of hydrogen-bond donors (Lipinski definition) is 0. The van der Waals surface area contributed by atoms with Gasteiger partial charge in [-0.1, -0.05) is 23.7 Å². The van der Waals surface area contributed by atoms with Crippen molar-refractivity contribution in [1.29, 1.82) is 0 Å². The van der Waals surface area contributed by atoms with Gasteiger partial charge in [0.1, 0.15) is 17.1 Å². The normalized spacial score (nSPS) is 13.5. The van der Waals surface area contributed by atoms with Crippen molar-refractivity contribution >= 4 is 28.3 Å². The Morgan fingerprint density at radius 2 is 1.79 bits per heavy atom. The molecule has 1 aromatic heterocycles. The number of rotatable bonds is 3. The Morgan fingerprint density at radius 3 is 2.50 bits per heavy atom. The monoisotopic (exact) mass is 487 g/mol. The van der Waals surface area contributed by atoms with Gasteiger partial charge in [-0.3, -0.25) is 0 Å². The summed E-state index contributed by atoms with van der Waals surface area (Å²) in [5, 5.41) is 0.824. The molecule has 0 N–H and O–H groups in total. The molecule has 4 aromatic rings. The SMILES string of the molecule is COc1ccc(-c2cc(=O)oc3c4c(ccc23)OCN(c2cc(C(F)(F)F)ccc2Cl)C4)cc1. The second kappa shape index (κ2) is 8.29. The van der Waals surface area contributed by atoms with Gasteiger partial charge in [0.2, 0.25) is 0 Å². The van der Waals surface area contributed by atoms with E-state index in [2.05, 4.69) is 0 Å². The maximum atomic E-state index is 13.3. The highest BCUT2D eigenvalue weighted by atomic mass is 35.5. The predicted octanol–water partition coefficient (Wildman–Crippen LogP) is 6.50. The zero-order valence-electron chi connectivity index (χ0n) is 17.8. The number of methoxy groups -OCH3 is 1. The third-order valence-electron chi connectivity index (χ3n) is 5.71. The summed E-state index contributed by atoms with van der Waals surface area (Å²) in [4.78, 5) is 14.0. The Bertz CT molecular complexity index is 1450. The van der Waals surface area contributed by atoms with E-state index in [0.717, 1.165) is 17.7 Å². The van der Waals surface area contributed by atoms with Gasteiger partial charge in [-0.25, -0.2) is 4.79 Å². The van der Waals surface area contributed by atoms with Gasteiger partial charge in [-0.15, -0.1) is 0 Å². The van der Waals surface area contributed by atoms with Crippen LogP contribution in [0.1, 0.15) is 11.1 Å². The molecule has 0 fully saturated rings. The summed E-state index contributed by atoms with van der Waals surface area (Å²) in [5.41, 5.74) is 1.10. The molecule has 1 aliphatic heterocycles. The molecule has 0 unspecified atom stereocenters. The van der Waals surface area contributed by atoms with Gasteiger partial charge < -0.3 is 18.8 Å². The summed E-state index contributed by atoms with van der Waals surface area (Å²) in [6.07, 6.45) is -4.51. The molecule has 5 rings (SSSR count). The number of fused-ring (bicyclic) bond motifs is 3. The van der Waals surface area contributed by atoms with Crippen molar-refractivity contribution in [3.05, 3.63) is 87.2 Å². The first kappa shape index (κ1) is 22.2. The summed E-state index contributed by atoms with van der Waals surface area (Å²) in [6.45, 7) is 0.130. The van der Waals surface area contributed by atoms with Crippen molar-refractivity contribution < 1.29 is 27.1 Å². The highest BCUT2D eigenvalue weighted by molar-refractivity contribution is 6.33. The highest BCUT2D eigenvalue weighted by Crippen LogP contribution is 2.40. The van der Waals surface area contributed by atoms with Gasteiger partial charge >= 0.3 is 11.8 Å². The summed E-state index contributed by atoms with van der Waals surface area (Å²) in [5.74, 6) is 1.16. The van der Waals surface area contributed by atoms with Crippen LogP contribution < -0.4 is 20.0 Å². The largest absolute Gasteiger partial charge is 0.497 e. The number of ether oxygens (including phenoxy) is 2. The van der Waals surface area contributed by atoms with Gasteiger partial charge in [-0.05, 0) is 53.6 Å². The van der Waals surface area contributed by atoms with Gasteiger partial charge in [0.05, 0.1) is 35.5 Å². The topological polar surface area (TPSA) is 51.9 Å². The molecule has 0 amide bonds. The molecule has 1 aliphatic rings. The molecular formula is C25H17ClF3NO4. The van der Waals surface area contributed by atoms with E-state index in [0.29, 0.717) is 33.6 Å². The number of alkyl halides is 3. The van der Waals surface area contributed by atoms with Crippen LogP contribution in [-0.2, 0) is 12.7 Å². The Hall–Kier alpha value is -3.65. The lowest BCUT2D eigenvalue weighted by Crippen LogP contribution is -2.32. The van der Waals surface area contributed by atoms with E-state index in [1.54, 1.807) is 36.3 Å². The third kappa shape index (κ3) is 3.94. The van der Waals surface area contributed by atoms with Crippen molar-refractivity contribution in [3.63, 3.8) is 0 Å². The Morgan fingerprint density at radius 1 is 1.03 bits per heavy atom. The number of nitrogens with zero attached hydrogens (tertiary/aromatic N) is 1. The van der Waals surface area contributed by atoms with Crippen LogP contribution in [-0.4, -0.2) is 13.8 Å². The molecule has 2 heterocycles. The number of benzene rings is 3. The summed E-state index contributed by atoms with van der Waals surface area (Å²) in [7, 11) is 1.57. The number of halogens is 4. The standard InChI is InChI=1S/C25H17ClF3NO4/c1-32-16-5-2-14(3-6-16)18-11-23(31)34-24-17(18)7-9-22-19(24)12-30(13-33-22)21-10-15(25(27,28)29)4-8-20(21)26/h2-11H,12-13H2,1H3. The molecule has 5 nitrogen and oxygen atoms in total. The van der Waals surface area contributed by atoms with Crippen molar-refractivity contribution in [2.45, 2.75) is 12.7 Å². The first-order valence-corrected chi connectivity index (χ1v) is 10.6. The van der Waals surface area contributed by atoms with Crippen LogP contribution in [0.15, 0.2) is 69.9 Å². The van der Waals surface area contributed by atoms with Crippen molar-refractivity contribution in [2.75, 3.05) is 18.7 Å². The second-order valence-electron chi connectivity index (χ2n) is 7.76. The van der Waals surface area contributed by atoms with Crippen LogP contribution in [0.5, 0.6) is 11.5 Å². The molecule has 0 spiro atoms.